The van der Waals surface area contributed by atoms with E-state index in [-0.39, 0.29) is 5.52 Å². The number of aryl methyl sites for hydroxylation is 2. The summed E-state index contributed by atoms with van der Waals surface area (Å²) in [7, 11) is 0. The van der Waals surface area contributed by atoms with E-state index in [2.05, 4.69) is 20.1 Å². The minimum atomic E-state index is -0.609. The number of fused-ring (bicyclic) bond motifs is 2. The zero-order valence-electron chi connectivity index (χ0n) is 14.6. The molecular formula is C19H18F2N4OS. The highest BCUT2D eigenvalue weighted by molar-refractivity contribution is 7.22. The van der Waals surface area contributed by atoms with Crippen LogP contribution in [0.5, 0.6) is 5.88 Å². The Kier molecular flexibility index (Phi) is 4.15. The molecule has 0 radical (unpaired) electrons. The van der Waals surface area contributed by atoms with Gasteiger partial charge in [0.05, 0.1) is 17.0 Å². The molecule has 0 amide bonds. The van der Waals surface area contributed by atoms with Crippen LogP contribution in [0.3, 0.4) is 0 Å². The van der Waals surface area contributed by atoms with Gasteiger partial charge in [0.2, 0.25) is 5.88 Å². The minimum absolute atomic E-state index is 0.240. The molecule has 1 saturated heterocycles. The van der Waals surface area contributed by atoms with Gasteiger partial charge in [-0.3, -0.25) is 0 Å². The number of benzene rings is 1. The third-order valence-electron chi connectivity index (χ3n) is 5.22. The highest BCUT2D eigenvalue weighted by atomic mass is 32.1. The van der Waals surface area contributed by atoms with Gasteiger partial charge < -0.3 is 9.64 Å². The largest absolute Gasteiger partial charge is 0.476 e. The first kappa shape index (κ1) is 16.8. The Morgan fingerprint density at radius 2 is 2.11 bits per heavy atom. The Balaban J connectivity index is 1.24. The van der Waals surface area contributed by atoms with Crippen LogP contribution in [-0.2, 0) is 12.8 Å². The average molecular weight is 388 g/mol. The van der Waals surface area contributed by atoms with Crippen molar-refractivity contribution in [1.82, 2.24) is 15.2 Å². The minimum Gasteiger partial charge on any atom is -0.476 e. The number of ether oxygens (including phenoxy) is 1. The van der Waals surface area contributed by atoms with Crippen molar-refractivity contribution in [3.8, 4) is 5.88 Å². The predicted molar refractivity (Wildman–Crippen MR) is 99.4 cm³/mol. The van der Waals surface area contributed by atoms with Crippen LogP contribution in [0.4, 0.5) is 13.9 Å². The molecule has 8 heteroatoms. The molecule has 27 heavy (non-hydrogen) atoms. The zero-order valence-corrected chi connectivity index (χ0v) is 15.4. The maximum absolute atomic E-state index is 13.9. The summed E-state index contributed by atoms with van der Waals surface area (Å²) in [6, 6.07) is 4.22. The predicted octanol–water partition coefficient (Wildman–Crippen LogP) is 3.76. The molecule has 0 N–H and O–H groups in total. The summed E-state index contributed by atoms with van der Waals surface area (Å²) in [5.41, 5.74) is 2.58. The lowest BCUT2D eigenvalue weighted by atomic mass is 10.1. The zero-order chi connectivity index (χ0) is 18.4. The van der Waals surface area contributed by atoms with E-state index in [1.807, 2.05) is 6.07 Å². The molecule has 2 aromatic heterocycles. The van der Waals surface area contributed by atoms with Crippen molar-refractivity contribution in [3.63, 3.8) is 0 Å². The molecule has 0 spiro atoms. The van der Waals surface area contributed by atoms with Gasteiger partial charge in [-0.05, 0) is 37.3 Å². The van der Waals surface area contributed by atoms with Crippen LogP contribution >= 0.6 is 11.3 Å². The second kappa shape index (κ2) is 6.67. The first-order chi connectivity index (χ1) is 13.2. The Labute approximate surface area is 159 Å². The smallest absolute Gasteiger partial charge is 0.233 e. The van der Waals surface area contributed by atoms with Crippen LogP contribution < -0.4 is 9.64 Å². The normalized spacial score (nSPS) is 19.0. The van der Waals surface area contributed by atoms with Crippen molar-refractivity contribution in [3.05, 3.63) is 41.1 Å². The van der Waals surface area contributed by atoms with Crippen molar-refractivity contribution in [2.75, 3.05) is 24.6 Å². The summed E-state index contributed by atoms with van der Waals surface area (Å²) >= 11 is 1.32. The summed E-state index contributed by atoms with van der Waals surface area (Å²) in [6.07, 6.45) is 4.16. The maximum Gasteiger partial charge on any atom is 0.233 e. The number of hydrogen-bond acceptors (Lipinski definition) is 6. The van der Waals surface area contributed by atoms with Gasteiger partial charge in [-0.2, -0.15) is 5.10 Å². The van der Waals surface area contributed by atoms with Crippen molar-refractivity contribution >= 4 is 26.7 Å². The molecule has 140 valence electrons. The fourth-order valence-corrected chi connectivity index (χ4v) is 4.85. The van der Waals surface area contributed by atoms with E-state index in [4.69, 9.17) is 4.74 Å². The lowest BCUT2D eigenvalue weighted by Gasteiger charge is -2.15. The molecule has 1 fully saturated rings. The van der Waals surface area contributed by atoms with Crippen LogP contribution in [0.2, 0.25) is 0 Å². The van der Waals surface area contributed by atoms with Gasteiger partial charge in [-0.1, -0.05) is 11.3 Å². The molecule has 1 aliphatic heterocycles. The van der Waals surface area contributed by atoms with Gasteiger partial charge >= 0.3 is 0 Å². The summed E-state index contributed by atoms with van der Waals surface area (Å²) < 4.78 is 33.7. The highest BCUT2D eigenvalue weighted by Gasteiger charge is 2.26. The molecule has 5 nitrogen and oxygen atoms in total. The molecule has 1 unspecified atom stereocenters. The number of aromatic nitrogens is 3. The van der Waals surface area contributed by atoms with E-state index in [0.717, 1.165) is 55.7 Å². The maximum atomic E-state index is 13.9. The van der Waals surface area contributed by atoms with Crippen LogP contribution in [0.1, 0.15) is 24.1 Å². The molecular weight excluding hydrogens is 370 g/mol. The monoisotopic (exact) mass is 388 g/mol. The Morgan fingerprint density at radius 3 is 3.04 bits per heavy atom. The lowest BCUT2D eigenvalue weighted by molar-refractivity contribution is 0.249. The molecule has 1 aliphatic carbocycles. The molecule has 5 rings (SSSR count). The molecule has 1 atom stereocenters. The number of halogens is 2. The van der Waals surface area contributed by atoms with E-state index in [1.165, 1.54) is 23.0 Å². The average Bonchev–Trinajstić information content (AvgIpc) is 3.38. The Hall–Kier alpha value is -2.35. The van der Waals surface area contributed by atoms with Crippen molar-refractivity contribution in [2.45, 2.75) is 25.7 Å². The molecule has 1 aromatic carbocycles. The highest BCUT2D eigenvalue weighted by Crippen LogP contribution is 2.34. The second-order valence-corrected chi connectivity index (χ2v) is 8.16. The summed E-state index contributed by atoms with van der Waals surface area (Å²) in [6.45, 7) is 2.17. The van der Waals surface area contributed by atoms with Crippen LogP contribution in [0.25, 0.3) is 10.2 Å². The quantitative estimate of drug-likeness (QED) is 0.681. The fourth-order valence-electron chi connectivity index (χ4n) is 3.81. The van der Waals surface area contributed by atoms with Crippen LogP contribution in [0.15, 0.2) is 18.2 Å². The van der Waals surface area contributed by atoms with Crippen LogP contribution in [-0.4, -0.2) is 34.9 Å². The Morgan fingerprint density at radius 1 is 1.19 bits per heavy atom. The van der Waals surface area contributed by atoms with E-state index in [0.29, 0.717) is 23.1 Å². The fraction of sp³-hybridized carbons (Fsp3) is 0.421. The first-order valence-electron chi connectivity index (χ1n) is 9.14. The topological polar surface area (TPSA) is 51.1 Å². The molecule has 3 aromatic rings. The number of thiazole rings is 1. The van der Waals surface area contributed by atoms with Gasteiger partial charge in [0.25, 0.3) is 0 Å². The van der Waals surface area contributed by atoms with Gasteiger partial charge in [0, 0.05) is 31.1 Å². The summed E-state index contributed by atoms with van der Waals surface area (Å²) in [5, 5.41) is 9.14. The van der Waals surface area contributed by atoms with E-state index >= 15 is 0 Å². The third-order valence-corrected chi connectivity index (χ3v) is 6.29. The lowest BCUT2D eigenvalue weighted by Crippen LogP contribution is -2.21. The van der Waals surface area contributed by atoms with Crippen LogP contribution in [0, 0.1) is 17.6 Å². The van der Waals surface area contributed by atoms with E-state index in [1.54, 1.807) is 0 Å². The number of hydrogen-bond donors (Lipinski definition) is 0. The van der Waals surface area contributed by atoms with Crippen molar-refractivity contribution in [1.29, 1.82) is 0 Å². The van der Waals surface area contributed by atoms with Crippen molar-refractivity contribution in [2.24, 2.45) is 5.92 Å². The molecule has 3 heterocycles. The SMILES string of the molecule is Fc1cc(F)c2nc(N3CCC(COc4cc5c(nn4)CCC5)C3)sc2c1. The van der Waals surface area contributed by atoms with E-state index < -0.39 is 11.6 Å². The molecule has 0 saturated carbocycles. The van der Waals surface area contributed by atoms with Gasteiger partial charge in [0.1, 0.15) is 11.3 Å². The summed E-state index contributed by atoms with van der Waals surface area (Å²) in [5.74, 6) is -0.250. The summed E-state index contributed by atoms with van der Waals surface area (Å²) in [4.78, 5) is 6.48. The first-order valence-corrected chi connectivity index (χ1v) is 9.96. The number of rotatable bonds is 4. The molecule has 0 bridgehead atoms. The molecule has 2 aliphatic rings. The number of anilines is 1. The standard InChI is InChI=1S/C19H18F2N4OS/c20-13-7-14(21)18-16(8-13)27-19(22-18)25-5-4-11(9-25)10-26-17-6-12-2-1-3-15(12)23-24-17/h6-8,11H,1-5,9-10H2. The van der Waals surface area contributed by atoms with Crippen molar-refractivity contribution < 1.29 is 13.5 Å². The van der Waals surface area contributed by atoms with Gasteiger partial charge in [-0.15, -0.1) is 5.10 Å². The third kappa shape index (κ3) is 3.22. The second-order valence-electron chi connectivity index (χ2n) is 7.15. The number of nitrogens with zero attached hydrogens (tertiary/aromatic N) is 4. The van der Waals surface area contributed by atoms with E-state index in [9.17, 15) is 8.78 Å². The van der Waals surface area contributed by atoms with Gasteiger partial charge in [-0.25, -0.2) is 13.8 Å². The van der Waals surface area contributed by atoms with Gasteiger partial charge in [0.15, 0.2) is 10.9 Å². The Bertz CT molecular complexity index is 1010.